The van der Waals surface area contributed by atoms with E-state index < -0.39 is 0 Å². The molecule has 0 aliphatic rings. The topological polar surface area (TPSA) is 42.1 Å². The van der Waals surface area contributed by atoms with Gasteiger partial charge in [-0.25, -0.2) is 0 Å². The molecule has 1 aromatic heterocycles. The van der Waals surface area contributed by atoms with Gasteiger partial charge in [0.15, 0.2) is 0 Å². The van der Waals surface area contributed by atoms with E-state index in [-0.39, 0.29) is 5.97 Å². The summed E-state index contributed by atoms with van der Waals surface area (Å²) in [5.74, 6) is -0.201. The summed E-state index contributed by atoms with van der Waals surface area (Å²) in [6.45, 7) is 2.22. The van der Waals surface area contributed by atoms with Crippen molar-refractivity contribution in [3.63, 3.8) is 0 Å². The van der Waals surface area contributed by atoms with Gasteiger partial charge in [0.1, 0.15) is 0 Å². The predicted molar refractivity (Wildman–Crippen MR) is 66.3 cm³/mol. The summed E-state index contributed by atoms with van der Waals surface area (Å²) in [5.41, 5.74) is 1.97. The summed E-state index contributed by atoms with van der Waals surface area (Å²) >= 11 is 3.43. The molecule has 0 fully saturated rings. The van der Waals surface area contributed by atoms with Crippen molar-refractivity contribution in [1.82, 2.24) is 4.98 Å². The maximum absolute atomic E-state index is 11.4. The zero-order valence-electron chi connectivity index (χ0n) is 8.92. The van der Waals surface area contributed by atoms with Gasteiger partial charge in [-0.05, 0) is 28.9 Å². The van der Waals surface area contributed by atoms with Gasteiger partial charge < -0.3 is 9.72 Å². The number of halogens is 1. The maximum Gasteiger partial charge on any atom is 0.310 e. The minimum Gasteiger partial charge on any atom is -0.466 e. The van der Waals surface area contributed by atoms with Gasteiger partial charge in [0.2, 0.25) is 0 Å². The molecule has 1 N–H and O–H groups in total. The number of carbonyl (C=O) groups excluding carboxylic acids is 1. The third-order valence-corrected chi connectivity index (χ3v) is 3.06. The van der Waals surface area contributed by atoms with Crippen molar-refractivity contribution in [2.45, 2.75) is 13.3 Å². The Morgan fingerprint density at radius 3 is 2.94 bits per heavy atom. The van der Waals surface area contributed by atoms with Crippen molar-refractivity contribution in [1.29, 1.82) is 0 Å². The quantitative estimate of drug-likeness (QED) is 0.879. The first-order chi connectivity index (χ1) is 7.72. The molecule has 0 aliphatic carbocycles. The highest BCUT2D eigenvalue weighted by Gasteiger charge is 2.13. The molecule has 0 atom stereocenters. The zero-order chi connectivity index (χ0) is 11.5. The van der Waals surface area contributed by atoms with E-state index in [9.17, 15) is 4.79 Å². The highest BCUT2D eigenvalue weighted by atomic mass is 79.9. The standard InChI is InChI=1S/C12H12BrNO2/c1-2-16-11(15)7-9-8-5-3-4-6-10(8)14-12(9)13/h3-6,14H,2,7H2,1H3. The number of rotatable bonds is 3. The first kappa shape index (κ1) is 11.2. The van der Waals surface area contributed by atoms with Gasteiger partial charge in [-0.15, -0.1) is 0 Å². The molecule has 0 radical (unpaired) electrons. The van der Waals surface area contributed by atoms with Crippen LogP contribution >= 0.6 is 15.9 Å². The van der Waals surface area contributed by atoms with E-state index in [1.54, 1.807) is 0 Å². The number of hydrogen-bond acceptors (Lipinski definition) is 2. The second-order valence-electron chi connectivity index (χ2n) is 3.44. The molecule has 4 heteroatoms. The molecule has 84 valence electrons. The molecular formula is C12H12BrNO2. The normalized spacial score (nSPS) is 10.6. The number of hydrogen-bond donors (Lipinski definition) is 1. The molecule has 0 saturated heterocycles. The molecule has 0 spiro atoms. The number of para-hydroxylation sites is 1. The van der Waals surface area contributed by atoms with Crippen molar-refractivity contribution in [3.05, 3.63) is 34.4 Å². The molecule has 0 amide bonds. The predicted octanol–water partition coefficient (Wildman–Crippen LogP) is 3.04. The Morgan fingerprint density at radius 1 is 1.44 bits per heavy atom. The van der Waals surface area contributed by atoms with Gasteiger partial charge in [-0.3, -0.25) is 4.79 Å². The largest absolute Gasteiger partial charge is 0.466 e. The summed E-state index contributed by atoms with van der Waals surface area (Å²) in [6.07, 6.45) is 0.290. The Morgan fingerprint density at radius 2 is 2.19 bits per heavy atom. The fourth-order valence-corrected chi connectivity index (χ4v) is 2.26. The molecule has 1 aromatic carbocycles. The lowest BCUT2D eigenvalue weighted by Gasteiger charge is -2.01. The minimum atomic E-state index is -0.201. The number of aromatic amines is 1. The van der Waals surface area contributed by atoms with E-state index in [1.807, 2.05) is 31.2 Å². The molecule has 0 aliphatic heterocycles. The van der Waals surface area contributed by atoms with Gasteiger partial charge in [0.05, 0.1) is 17.6 Å². The summed E-state index contributed by atoms with van der Waals surface area (Å²) < 4.78 is 5.79. The van der Waals surface area contributed by atoms with E-state index in [0.717, 1.165) is 21.1 Å². The van der Waals surface area contributed by atoms with Crippen molar-refractivity contribution >= 4 is 32.8 Å². The fourth-order valence-electron chi connectivity index (χ4n) is 1.70. The van der Waals surface area contributed by atoms with E-state index in [0.29, 0.717) is 13.0 Å². The van der Waals surface area contributed by atoms with Crippen LogP contribution in [-0.4, -0.2) is 17.6 Å². The maximum atomic E-state index is 11.4. The zero-order valence-corrected chi connectivity index (χ0v) is 10.5. The van der Waals surface area contributed by atoms with E-state index in [2.05, 4.69) is 20.9 Å². The molecular weight excluding hydrogens is 270 g/mol. The van der Waals surface area contributed by atoms with Crippen LogP contribution in [0.4, 0.5) is 0 Å². The van der Waals surface area contributed by atoms with Gasteiger partial charge in [-0.2, -0.15) is 0 Å². The molecule has 0 saturated carbocycles. The average Bonchev–Trinajstić information content (AvgIpc) is 2.56. The number of carbonyl (C=O) groups is 1. The number of ether oxygens (including phenoxy) is 1. The molecule has 1 heterocycles. The monoisotopic (exact) mass is 281 g/mol. The number of benzene rings is 1. The number of aromatic nitrogens is 1. The van der Waals surface area contributed by atoms with Crippen molar-refractivity contribution in [3.8, 4) is 0 Å². The van der Waals surface area contributed by atoms with Crippen LogP contribution in [0.3, 0.4) is 0 Å². The van der Waals surface area contributed by atoms with Crippen molar-refractivity contribution in [2.24, 2.45) is 0 Å². The van der Waals surface area contributed by atoms with E-state index in [4.69, 9.17) is 4.74 Å². The van der Waals surface area contributed by atoms with Gasteiger partial charge in [-0.1, -0.05) is 18.2 Å². The number of H-pyrrole nitrogens is 1. The molecule has 2 aromatic rings. The summed E-state index contributed by atoms with van der Waals surface area (Å²) in [7, 11) is 0. The number of esters is 1. The van der Waals surface area contributed by atoms with E-state index in [1.165, 1.54) is 0 Å². The second-order valence-corrected chi connectivity index (χ2v) is 4.24. The molecule has 2 rings (SSSR count). The Bertz CT molecular complexity index is 519. The lowest BCUT2D eigenvalue weighted by Crippen LogP contribution is -2.07. The Kier molecular flexibility index (Phi) is 3.29. The smallest absolute Gasteiger partial charge is 0.310 e. The highest BCUT2D eigenvalue weighted by molar-refractivity contribution is 9.10. The second kappa shape index (κ2) is 4.70. The Balaban J connectivity index is 2.36. The van der Waals surface area contributed by atoms with Crippen molar-refractivity contribution < 1.29 is 9.53 Å². The molecule has 16 heavy (non-hydrogen) atoms. The SMILES string of the molecule is CCOC(=O)Cc1c(Br)[nH]c2ccccc12. The molecule has 0 bridgehead atoms. The Hall–Kier alpha value is -1.29. The van der Waals surface area contributed by atoms with Crippen LogP contribution in [-0.2, 0) is 16.0 Å². The lowest BCUT2D eigenvalue weighted by atomic mass is 10.1. The number of nitrogens with one attached hydrogen (secondary N) is 1. The van der Waals surface area contributed by atoms with Crippen LogP contribution in [0.5, 0.6) is 0 Å². The molecule has 0 unspecified atom stereocenters. The third kappa shape index (κ3) is 2.11. The third-order valence-electron chi connectivity index (χ3n) is 2.39. The van der Waals surface area contributed by atoms with E-state index >= 15 is 0 Å². The first-order valence-corrected chi connectivity index (χ1v) is 5.92. The van der Waals surface area contributed by atoms with Crippen LogP contribution in [0.2, 0.25) is 0 Å². The van der Waals surface area contributed by atoms with Gasteiger partial charge in [0.25, 0.3) is 0 Å². The Labute approximate surface area is 102 Å². The average molecular weight is 282 g/mol. The number of fused-ring (bicyclic) bond motifs is 1. The van der Waals surface area contributed by atoms with Crippen molar-refractivity contribution in [2.75, 3.05) is 6.61 Å². The molecule has 3 nitrogen and oxygen atoms in total. The van der Waals surface area contributed by atoms with Crippen LogP contribution in [0, 0.1) is 0 Å². The van der Waals surface area contributed by atoms with Crippen LogP contribution < -0.4 is 0 Å². The van der Waals surface area contributed by atoms with Gasteiger partial charge >= 0.3 is 5.97 Å². The summed E-state index contributed by atoms with van der Waals surface area (Å²) in [5, 5.41) is 1.06. The van der Waals surface area contributed by atoms with Crippen LogP contribution in [0.1, 0.15) is 12.5 Å². The minimum absolute atomic E-state index is 0.201. The summed E-state index contributed by atoms with van der Waals surface area (Å²) in [4.78, 5) is 14.6. The fraction of sp³-hybridized carbons (Fsp3) is 0.250. The highest BCUT2D eigenvalue weighted by Crippen LogP contribution is 2.26. The first-order valence-electron chi connectivity index (χ1n) is 5.13. The summed E-state index contributed by atoms with van der Waals surface area (Å²) in [6, 6.07) is 7.89. The lowest BCUT2D eigenvalue weighted by molar-refractivity contribution is -0.142. The van der Waals surface area contributed by atoms with Gasteiger partial charge in [0, 0.05) is 16.5 Å². The van der Waals surface area contributed by atoms with Crippen LogP contribution in [0.25, 0.3) is 10.9 Å². The van der Waals surface area contributed by atoms with Crippen LogP contribution in [0.15, 0.2) is 28.9 Å².